The van der Waals surface area contributed by atoms with Gasteiger partial charge in [0, 0.05) is 23.2 Å². The van der Waals surface area contributed by atoms with E-state index in [1.165, 1.54) is 12.2 Å². The van der Waals surface area contributed by atoms with Crippen LogP contribution in [0.2, 0.25) is 0 Å². The molecule has 4 nitrogen and oxygen atoms in total. The molecule has 0 aromatic heterocycles. The van der Waals surface area contributed by atoms with Gasteiger partial charge in [0.2, 0.25) is 0 Å². The van der Waals surface area contributed by atoms with Gasteiger partial charge in [-0.1, -0.05) is 26.8 Å². The molecule has 3 saturated carbocycles. The summed E-state index contributed by atoms with van der Waals surface area (Å²) < 4.78 is 23.0. The molecular weight excluding hydrogens is 407 g/mol. The van der Waals surface area contributed by atoms with Crippen LogP contribution >= 0.6 is 11.6 Å². The van der Waals surface area contributed by atoms with Crippen LogP contribution in [0.15, 0.2) is 23.8 Å². The van der Waals surface area contributed by atoms with Crippen molar-refractivity contribution in [3.05, 3.63) is 23.8 Å². The van der Waals surface area contributed by atoms with E-state index in [2.05, 4.69) is 6.92 Å². The molecule has 9 atom stereocenters. The molecule has 0 spiro atoms. The first-order valence-corrected chi connectivity index (χ1v) is 11.6. The second kappa shape index (κ2) is 7.16. The van der Waals surface area contributed by atoms with Crippen molar-refractivity contribution >= 4 is 23.4 Å². The lowest BCUT2D eigenvalue weighted by molar-refractivity contribution is -0.211. The fourth-order valence-electron chi connectivity index (χ4n) is 7.36. The number of esters is 1. The zero-order valence-corrected chi connectivity index (χ0v) is 18.9. The number of hydrogen-bond donors (Lipinski definition) is 1. The maximum Gasteiger partial charge on any atom is 0.305 e. The first kappa shape index (κ1) is 22.0. The summed E-state index contributed by atoms with van der Waals surface area (Å²) in [5.74, 6) is -0.884. The Kier molecular flexibility index (Phi) is 5.25. The number of halogens is 2. The summed E-state index contributed by atoms with van der Waals surface area (Å²) >= 11 is 6.75. The van der Waals surface area contributed by atoms with E-state index in [0.29, 0.717) is 24.8 Å². The number of fused-ring (bicyclic) bond motifs is 5. The summed E-state index contributed by atoms with van der Waals surface area (Å²) in [5, 5.41) is 10.9. The molecule has 1 N–H and O–H groups in total. The first-order chi connectivity index (χ1) is 14.0. The molecule has 0 bridgehead atoms. The molecule has 0 aromatic carbocycles. The van der Waals surface area contributed by atoms with Crippen LogP contribution in [0.4, 0.5) is 4.39 Å². The van der Waals surface area contributed by atoms with E-state index in [9.17, 15) is 14.7 Å². The lowest BCUT2D eigenvalue weighted by atomic mass is 9.45. The fraction of sp³-hybridized carbons (Fsp3) is 0.750. The Bertz CT molecular complexity index is 824. The van der Waals surface area contributed by atoms with E-state index in [1.54, 1.807) is 19.9 Å². The molecule has 166 valence electrons. The number of rotatable bonds is 3. The number of alkyl halides is 2. The molecule has 4 rings (SSSR count). The van der Waals surface area contributed by atoms with Gasteiger partial charge in [-0.2, -0.15) is 0 Å². The Labute approximate surface area is 182 Å². The van der Waals surface area contributed by atoms with Crippen molar-refractivity contribution in [3.8, 4) is 0 Å². The lowest BCUT2D eigenvalue weighted by Crippen LogP contribution is -2.68. The summed E-state index contributed by atoms with van der Waals surface area (Å²) in [5.41, 5.74) is -2.95. The summed E-state index contributed by atoms with van der Waals surface area (Å²) in [6, 6.07) is 0. The molecule has 0 heterocycles. The van der Waals surface area contributed by atoms with Crippen molar-refractivity contribution in [2.75, 3.05) is 0 Å². The number of hydrogen-bond acceptors (Lipinski definition) is 4. The van der Waals surface area contributed by atoms with Gasteiger partial charge in [-0.15, -0.1) is 11.6 Å². The average molecular weight is 439 g/mol. The molecule has 0 amide bonds. The standard InChI is InChI=1S/C24H32ClFO4/c1-5-20(29)30-21-13(3)9-15-16-11-18(25)17-10-14(27)7-8-22(17,4)24(16,26)19(28)12-23(15,21)6-2/h7-8,10,13,15-16,18-19,21,28H,5-6,9,11-12H2,1-4H3/t13-,15+,16+,18+,19+,21-,22+,23+,24+/m1/s1. The van der Waals surface area contributed by atoms with Crippen LogP contribution in [-0.4, -0.2) is 40.1 Å². The number of aliphatic hydroxyl groups is 1. The van der Waals surface area contributed by atoms with E-state index >= 15 is 4.39 Å². The number of carbonyl (C=O) groups excluding carboxylic acids is 2. The SMILES string of the molecule is CCC(=O)O[C@@H]1[C@H](C)C[C@H]2[C@@H]3C[C@H](Cl)C4=CC(=O)C=C[C@]4(C)[C@@]3(F)[C@@H](O)C[C@]12CC. The van der Waals surface area contributed by atoms with Crippen molar-refractivity contribution in [1.29, 1.82) is 0 Å². The minimum absolute atomic E-state index is 0.0498. The van der Waals surface area contributed by atoms with Crippen molar-refractivity contribution < 1.29 is 23.8 Å². The number of carbonyl (C=O) groups is 2. The molecule has 30 heavy (non-hydrogen) atoms. The molecule has 0 aliphatic heterocycles. The summed E-state index contributed by atoms with van der Waals surface area (Å²) in [4.78, 5) is 24.2. The smallest absolute Gasteiger partial charge is 0.305 e. The van der Waals surface area contributed by atoms with Crippen molar-refractivity contribution in [2.24, 2.45) is 28.6 Å². The van der Waals surface area contributed by atoms with Gasteiger partial charge >= 0.3 is 5.97 Å². The highest BCUT2D eigenvalue weighted by atomic mass is 35.5. The van der Waals surface area contributed by atoms with Gasteiger partial charge in [0.25, 0.3) is 0 Å². The first-order valence-electron chi connectivity index (χ1n) is 11.2. The largest absolute Gasteiger partial charge is 0.461 e. The van der Waals surface area contributed by atoms with E-state index in [-0.39, 0.29) is 36.1 Å². The highest BCUT2D eigenvalue weighted by Gasteiger charge is 2.73. The van der Waals surface area contributed by atoms with Crippen molar-refractivity contribution in [3.63, 3.8) is 0 Å². The maximum absolute atomic E-state index is 17.1. The molecule has 3 fully saturated rings. The summed E-state index contributed by atoms with van der Waals surface area (Å²) in [6.07, 6.45) is 5.23. The summed E-state index contributed by atoms with van der Waals surface area (Å²) in [6.45, 7) is 7.63. The second-order valence-electron chi connectivity index (χ2n) is 10.0. The average Bonchev–Trinajstić information content (AvgIpc) is 2.98. The highest BCUT2D eigenvalue weighted by molar-refractivity contribution is 6.23. The van der Waals surface area contributed by atoms with E-state index in [0.717, 1.165) is 6.42 Å². The Balaban J connectivity index is 1.81. The number of allylic oxidation sites excluding steroid dienone is 4. The predicted octanol–water partition coefficient (Wildman–Crippen LogP) is 4.53. The Morgan fingerprint density at radius 1 is 1.33 bits per heavy atom. The number of ether oxygens (including phenoxy) is 1. The molecule has 6 heteroatoms. The Hall–Kier alpha value is -1.20. The summed E-state index contributed by atoms with van der Waals surface area (Å²) in [7, 11) is 0. The molecule has 0 saturated heterocycles. The third-order valence-electron chi connectivity index (χ3n) is 8.81. The number of ketones is 1. The van der Waals surface area contributed by atoms with Gasteiger partial charge in [0.15, 0.2) is 11.5 Å². The van der Waals surface area contributed by atoms with Crippen molar-refractivity contribution in [2.45, 2.75) is 83.1 Å². The maximum atomic E-state index is 17.1. The molecule has 0 aromatic rings. The van der Waals surface area contributed by atoms with Gasteiger partial charge in [-0.3, -0.25) is 9.59 Å². The lowest BCUT2D eigenvalue weighted by Gasteiger charge is -2.63. The minimum Gasteiger partial charge on any atom is -0.461 e. The molecule has 4 aliphatic carbocycles. The molecule has 0 radical (unpaired) electrons. The van der Waals surface area contributed by atoms with Gasteiger partial charge in [0.1, 0.15) is 6.10 Å². The second-order valence-corrected chi connectivity index (χ2v) is 10.5. The molecule has 4 aliphatic rings. The zero-order valence-electron chi connectivity index (χ0n) is 18.2. The zero-order chi connectivity index (χ0) is 22.1. The molecule has 0 unspecified atom stereocenters. The Morgan fingerprint density at radius 3 is 2.67 bits per heavy atom. The topological polar surface area (TPSA) is 63.6 Å². The van der Waals surface area contributed by atoms with E-state index < -0.39 is 33.9 Å². The minimum atomic E-state index is -1.92. The quantitative estimate of drug-likeness (QED) is 0.519. The highest BCUT2D eigenvalue weighted by Crippen LogP contribution is 2.70. The monoisotopic (exact) mass is 438 g/mol. The molecular formula is C24H32ClFO4. The number of aliphatic hydroxyl groups excluding tert-OH is 1. The van der Waals surface area contributed by atoms with Crippen LogP contribution in [-0.2, 0) is 14.3 Å². The van der Waals surface area contributed by atoms with Crippen LogP contribution in [0, 0.1) is 28.6 Å². The van der Waals surface area contributed by atoms with E-state index in [4.69, 9.17) is 16.3 Å². The van der Waals surface area contributed by atoms with Crippen LogP contribution in [0.25, 0.3) is 0 Å². The van der Waals surface area contributed by atoms with Crippen LogP contribution in [0.3, 0.4) is 0 Å². The third-order valence-corrected chi connectivity index (χ3v) is 9.22. The Morgan fingerprint density at radius 2 is 2.03 bits per heavy atom. The van der Waals surface area contributed by atoms with Crippen molar-refractivity contribution in [1.82, 2.24) is 0 Å². The fourth-order valence-corrected chi connectivity index (χ4v) is 7.84. The van der Waals surface area contributed by atoms with Crippen LogP contribution < -0.4 is 0 Å². The van der Waals surface area contributed by atoms with Gasteiger partial charge < -0.3 is 9.84 Å². The van der Waals surface area contributed by atoms with E-state index in [1.807, 2.05) is 6.92 Å². The van der Waals surface area contributed by atoms with Crippen LogP contribution in [0.1, 0.15) is 59.8 Å². The van der Waals surface area contributed by atoms with Crippen LogP contribution in [0.5, 0.6) is 0 Å². The van der Waals surface area contributed by atoms with Gasteiger partial charge in [-0.25, -0.2) is 4.39 Å². The third kappa shape index (κ3) is 2.67. The normalized spacial score (nSPS) is 49.7. The van der Waals surface area contributed by atoms with Gasteiger partial charge in [-0.05, 0) is 62.2 Å². The predicted molar refractivity (Wildman–Crippen MR) is 113 cm³/mol. The van der Waals surface area contributed by atoms with Gasteiger partial charge in [0.05, 0.1) is 11.5 Å².